The highest BCUT2D eigenvalue weighted by atomic mass is 16.4. The summed E-state index contributed by atoms with van der Waals surface area (Å²) in [6.07, 6.45) is -0.374. The first-order valence-corrected chi connectivity index (χ1v) is 5.55. The van der Waals surface area contributed by atoms with Crippen LogP contribution in [0.15, 0.2) is 30.3 Å². The molecule has 0 unspecified atom stereocenters. The number of amides is 1. The molecule has 0 heterocycles. The van der Waals surface area contributed by atoms with E-state index >= 15 is 0 Å². The average Bonchev–Trinajstić information content (AvgIpc) is 2.29. The van der Waals surface area contributed by atoms with E-state index in [1.807, 2.05) is 44.2 Å². The van der Waals surface area contributed by atoms with Crippen LogP contribution in [-0.2, 0) is 11.3 Å². The Balaban J connectivity index is 2.87. The predicted molar refractivity (Wildman–Crippen MR) is 64.7 cm³/mol. The molecule has 0 aromatic heterocycles. The highest BCUT2D eigenvalue weighted by molar-refractivity contribution is 5.72. The van der Waals surface area contributed by atoms with Crippen LogP contribution in [0.4, 0.5) is 4.79 Å². The van der Waals surface area contributed by atoms with Crippen LogP contribution in [0.2, 0.25) is 0 Å². The van der Waals surface area contributed by atoms with Crippen molar-refractivity contribution in [2.75, 3.05) is 0 Å². The van der Waals surface area contributed by atoms with Crippen LogP contribution < -0.4 is 0 Å². The van der Waals surface area contributed by atoms with Crippen molar-refractivity contribution in [1.29, 1.82) is 0 Å². The highest BCUT2D eigenvalue weighted by Crippen LogP contribution is 2.13. The van der Waals surface area contributed by atoms with Gasteiger partial charge in [-0.1, -0.05) is 44.2 Å². The van der Waals surface area contributed by atoms with Gasteiger partial charge >= 0.3 is 6.09 Å². The molecule has 0 fully saturated rings. The standard InChI is InChI=1S/C13H17NO3/c1-10(2)12(9-15)14(13(16)17)8-11-6-4-3-5-7-11/h3-7,9-10,12H,8H2,1-2H3,(H,16,17)/t12-/m1/s1. The lowest BCUT2D eigenvalue weighted by Crippen LogP contribution is -2.43. The van der Waals surface area contributed by atoms with E-state index in [2.05, 4.69) is 0 Å². The van der Waals surface area contributed by atoms with Gasteiger partial charge in [-0.2, -0.15) is 0 Å². The number of benzene rings is 1. The van der Waals surface area contributed by atoms with Gasteiger partial charge in [0.25, 0.3) is 0 Å². The summed E-state index contributed by atoms with van der Waals surface area (Å²) in [4.78, 5) is 23.3. The maximum Gasteiger partial charge on any atom is 0.408 e. The summed E-state index contributed by atoms with van der Waals surface area (Å²) in [6.45, 7) is 3.90. The van der Waals surface area contributed by atoms with E-state index in [4.69, 9.17) is 5.11 Å². The zero-order valence-corrected chi connectivity index (χ0v) is 10.0. The molecule has 0 radical (unpaired) electrons. The molecule has 17 heavy (non-hydrogen) atoms. The minimum Gasteiger partial charge on any atom is -0.465 e. The van der Waals surface area contributed by atoms with Crippen molar-refractivity contribution in [3.05, 3.63) is 35.9 Å². The van der Waals surface area contributed by atoms with Crippen molar-refractivity contribution >= 4 is 12.4 Å². The van der Waals surface area contributed by atoms with Crippen molar-refractivity contribution in [2.45, 2.75) is 26.4 Å². The normalized spacial score (nSPS) is 12.2. The molecule has 0 saturated heterocycles. The predicted octanol–water partition coefficient (Wildman–Crippen LogP) is 2.39. The fourth-order valence-corrected chi connectivity index (χ4v) is 1.67. The molecule has 1 rings (SSSR count). The SMILES string of the molecule is CC(C)[C@@H](C=O)N(Cc1ccccc1)C(=O)O. The molecule has 0 aliphatic rings. The monoisotopic (exact) mass is 235 g/mol. The molecule has 0 bridgehead atoms. The van der Waals surface area contributed by atoms with Crippen LogP contribution in [0.25, 0.3) is 0 Å². The van der Waals surface area contributed by atoms with Gasteiger partial charge in [0, 0.05) is 6.54 Å². The zero-order chi connectivity index (χ0) is 12.8. The molecule has 0 aliphatic heterocycles. The molecule has 0 aliphatic carbocycles. The van der Waals surface area contributed by atoms with Gasteiger partial charge in [0.15, 0.2) is 0 Å². The number of rotatable bonds is 5. The smallest absolute Gasteiger partial charge is 0.408 e. The second kappa shape index (κ2) is 6.03. The maximum atomic E-state index is 11.2. The minimum atomic E-state index is -1.07. The molecule has 4 heteroatoms. The summed E-state index contributed by atoms with van der Waals surface area (Å²) in [6, 6.07) is 8.65. The number of carbonyl (C=O) groups is 2. The van der Waals surface area contributed by atoms with Crippen LogP contribution in [-0.4, -0.2) is 28.4 Å². The average molecular weight is 235 g/mol. The minimum absolute atomic E-state index is 0.0349. The first kappa shape index (κ1) is 13.2. The van der Waals surface area contributed by atoms with Crippen molar-refractivity contribution in [2.24, 2.45) is 5.92 Å². The van der Waals surface area contributed by atoms with Crippen LogP contribution in [0, 0.1) is 5.92 Å². The molecule has 0 spiro atoms. The Bertz CT molecular complexity index is 376. The van der Waals surface area contributed by atoms with Crippen molar-refractivity contribution < 1.29 is 14.7 Å². The first-order valence-electron chi connectivity index (χ1n) is 5.55. The Morgan fingerprint density at radius 1 is 1.35 bits per heavy atom. The molecular weight excluding hydrogens is 218 g/mol. The summed E-state index contributed by atoms with van der Waals surface area (Å²) in [7, 11) is 0. The van der Waals surface area contributed by atoms with Crippen LogP contribution in [0.3, 0.4) is 0 Å². The van der Waals surface area contributed by atoms with Gasteiger partial charge < -0.3 is 9.90 Å². The third kappa shape index (κ3) is 3.59. The Labute approximate surface area is 101 Å². The summed E-state index contributed by atoms with van der Waals surface area (Å²) in [5.74, 6) is -0.0349. The zero-order valence-electron chi connectivity index (χ0n) is 10.0. The topological polar surface area (TPSA) is 57.6 Å². The molecule has 4 nitrogen and oxygen atoms in total. The fourth-order valence-electron chi connectivity index (χ4n) is 1.67. The van der Waals surface area contributed by atoms with Gasteiger partial charge in [-0.15, -0.1) is 0 Å². The van der Waals surface area contributed by atoms with E-state index in [1.165, 1.54) is 4.90 Å². The summed E-state index contributed by atoms with van der Waals surface area (Å²) >= 11 is 0. The molecule has 1 N–H and O–H groups in total. The molecule has 1 aromatic carbocycles. The molecular formula is C13H17NO3. The number of nitrogens with zero attached hydrogens (tertiary/aromatic N) is 1. The molecule has 1 atom stereocenters. The van der Waals surface area contributed by atoms with E-state index in [1.54, 1.807) is 0 Å². The molecule has 0 saturated carbocycles. The third-order valence-electron chi connectivity index (χ3n) is 2.62. The number of carbonyl (C=O) groups excluding carboxylic acids is 1. The van der Waals surface area contributed by atoms with Gasteiger partial charge in [-0.05, 0) is 11.5 Å². The van der Waals surface area contributed by atoms with Gasteiger partial charge in [-0.3, -0.25) is 4.90 Å². The summed E-state index contributed by atoms with van der Waals surface area (Å²) < 4.78 is 0. The Morgan fingerprint density at radius 2 is 1.94 bits per heavy atom. The van der Waals surface area contributed by atoms with E-state index in [0.29, 0.717) is 6.29 Å². The lowest BCUT2D eigenvalue weighted by Gasteiger charge is -2.28. The summed E-state index contributed by atoms with van der Waals surface area (Å²) in [5.41, 5.74) is 0.877. The Morgan fingerprint density at radius 3 is 2.35 bits per heavy atom. The van der Waals surface area contributed by atoms with Crippen LogP contribution in [0.1, 0.15) is 19.4 Å². The van der Waals surface area contributed by atoms with Crippen molar-refractivity contribution in [3.63, 3.8) is 0 Å². The first-order chi connectivity index (χ1) is 8.06. The maximum absolute atomic E-state index is 11.2. The van der Waals surface area contributed by atoms with E-state index in [9.17, 15) is 9.59 Å². The largest absolute Gasteiger partial charge is 0.465 e. The Hall–Kier alpha value is -1.84. The van der Waals surface area contributed by atoms with Crippen molar-refractivity contribution in [1.82, 2.24) is 4.90 Å². The number of hydrogen-bond donors (Lipinski definition) is 1. The van der Waals surface area contributed by atoms with Crippen LogP contribution in [0.5, 0.6) is 0 Å². The van der Waals surface area contributed by atoms with E-state index in [0.717, 1.165) is 5.56 Å². The second-order valence-corrected chi connectivity index (χ2v) is 4.27. The quantitative estimate of drug-likeness (QED) is 0.797. The summed E-state index contributed by atoms with van der Waals surface area (Å²) in [5, 5.41) is 9.15. The highest BCUT2D eigenvalue weighted by Gasteiger charge is 2.25. The van der Waals surface area contributed by atoms with Gasteiger partial charge in [0.2, 0.25) is 0 Å². The Kier molecular flexibility index (Phi) is 4.69. The lowest BCUT2D eigenvalue weighted by atomic mass is 10.0. The van der Waals surface area contributed by atoms with Gasteiger partial charge in [0.1, 0.15) is 6.29 Å². The van der Waals surface area contributed by atoms with Gasteiger partial charge in [-0.25, -0.2) is 4.79 Å². The molecule has 92 valence electrons. The van der Waals surface area contributed by atoms with Crippen molar-refractivity contribution in [3.8, 4) is 0 Å². The third-order valence-corrected chi connectivity index (χ3v) is 2.62. The van der Waals surface area contributed by atoms with Crippen LogP contribution >= 0.6 is 0 Å². The fraction of sp³-hybridized carbons (Fsp3) is 0.385. The van der Waals surface area contributed by atoms with E-state index in [-0.39, 0.29) is 12.5 Å². The molecule has 1 aromatic rings. The molecule has 1 amide bonds. The number of aldehydes is 1. The second-order valence-electron chi connectivity index (χ2n) is 4.27. The number of carboxylic acid groups (broad SMARTS) is 1. The number of hydrogen-bond acceptors (Lipinski definition) is 2. The van der Waals surface area contributed by atoms with E-state index < -0.39 is 12.1 Å². The lowest BCUT2D eigenvalue weighted by molar-refractivity contribution is -0.113. The van der Waals surface area contributed by atoms with Gasteiger partial charge in [0.05, 0.1) is 6.04 Å².